The van der Waals surface area contributed by atoms with Crippen molar-refractivity contribution in [3.8, 4) is 11.3 Å². The third kappa shape index (κ3) is 2.50. The molecule has 0 unspecified atom stereocenters. The van der Waals surface area contributed by atoms with Gasteiger partial charge < -0.3 is 0 Å². The van der Waals surface area contributed by atoms with Crippen LogP contribution in [0.2, 0.25) is 0 Å². The summed E-state index contributed by atoms with van der Waals surface area (Å²) >= 11 is 0. The van der Waals surface area contributed by atoms with E-state index >= 15 is 0 Å². The Morgan fingerprint density at radius 3 is 2.33 bits per heavy atom. The first-order chi connectivity index (χ1) is 8.38. The van der Waals surface area contributed by atoms with Crippen LogP contribution in [0.15, 0.2) is 36.5 Å². The zero-order chi connectivity index (χ0) is 13.3. The summed E-state index contributed by atoms with van der Waals surface area (Å²) in [5.41, 5.74) is -0.0220. The number of halogens is 4. The minimum atomic E-state index is -4.46. The van der Waals surface area contributed by atoms with Crippen LogP contribution in [0.25, 0.3) is 11.3 Å². The normalized spacial score (nSPS) is 11.6. The van der Waals surface area contributed by atoms with Gasteiger partial charge in [-0.2, -0.15) is 13.2 Å². The standard InChI is InChI=1S/C13H9F4N/c1-8-2-4-11(13(15,16)17)10(6-8)12-5-3-9(14)7-18-12/h2-7H,1H3. The van der Waals surface area contributed by atoms with Crippen LogP contribution in [0.4, 0.5) is 17.6 Å². The third-order valence-electron chi connectivity index (χ3n) is 2.48. The Kier molecular flexibility index (Phi) is 3.07. The number of aromatic nitrogens is 1. The smallest absolute Gasteiger partial charge is 0.253 e. The Bertz CT molecular complexity index is 558. The second-order valence-electron chi connectivity index (χ2n) is 3.91. The van der Waals surface area contributed by atoms with Crippen LogP contribution < -0.4 is 0 Å². The molecule has 0 atom stereocenters. The van der Waals surface area contributed by atoms with Crippen LogP contribution in [0.3, 0.4) is 0 Å². The Balaban J connectivity index is 2.62. The van der Waals surface area contributed by atoms with Crippen molar-refractivity contribution in [2.75, 3.05) is 0 Å². The molecular formula is C13H9F4N. The first kappa shape index (κ1) is 12.5. The van der Waals surface area contributed by atoms with Gasteiger partial charge in [0, 0.05) is 5.56 Å². The van der Waals surface area contributed by atoms with Gasteiger partial charge in [0.05, 0.1) is 17.5 Å². The molecule has 2 rings (SSSR count). The van der Waals surface area contributed by atoms with E-state index in [1.807, 2.05) is 0 Å². The van der Waals surface area contributed by atoms with Gasteiger partial charge in [0.15, 0.2) is 0 Å². The zero-order valence-corrected chi connectivity index (χ0v) is 9.42. The molecule has 0 bridgehead atoms. The molecule has 0 amide bonds. The van der Waals surface area contributed by atoms with Crippen LogP contribution in [0.1, 0.15) is 11.1 Å². The van der Waals surface area contributed by atoms with Crippen LogP contribution in [0, 0.1) is 12.7 Å². The van der Waals surface area contributed by atoms with Crippen molar-refractivity contribution < 1.29 is 17.6 Å². The van der Waals surface area contributed by atoms with Gasteiger partial charge in [0.2, 0.25) is 0 Å². The fourth-order valence-electron chi connectivity index (χ4n) is 1.65. The summed E-state index contributed by atoms with van der Waals surface area (Å²) in [6.45, 7) is 1.69. The largest absolute Gasteiger partial charge is 0.417 e. The number of rotatable bonds is 1. The van der Waals surface area contributed by atoms with Gasteiger partial charge in [-0.15, -0.1) is 0 Å². The third-order valence-corrected chi connectivity index (χ3v) is 2.48. The van der Waals surface area contributed by atoms with E-state index in [0.717, 1.165) is 18.3 Å². The summed E-state index contributed by atoms with van der Waals surface area (Å²) in [5.74, 6) is -0.583. The highest BCUT2D eigenvalue weighted by molar-refractivity contribution is 5.65. The molecule has 1 nitrogen and oxygen atoms in total. The van der Waals surface area contributed by atoms with E-state index in [4.69, 9.17) is 0 Å². The number of pyridine rings is 1. The summed E-state index contributed by atoms with van der Waals surface area (Å²) in [7, 11) is 0. The highest BCUT2D eigenvalue weighted by Gasteiger charge is 2.33. The Morgan fingerprint density at radius 1 is 1.06 bits per heavy atom. The summed E-state index contributed by atoms with van der Waals surface area (Å²) < 4.78 is 51.3. The van der Waals surface area contributed by atoms with Crippen molar-refractivity contribution in [3.05, 3.63) is 53.5 Å². The SMILES string of the molecule is Cc1ccc(C(F)(F)F)c(-c2ccc(F)cn2)c1. The Morgan fingerprint density at radius 2 is 1.78 bits per heavy atom. The van der Waals surface area contributed by atoms with Crippen LogP contribution in [-0.4, -0.2) is 4.98 Å². The van der Waals surface area contributed by atoms with E-state index in [1.54, 1.807) is 6.92 Å². The number of hydrogen-bond donors (Lipinski definition) is 0. The second-order valence-corrected chi connectivity index (χ2v) is 3.91. The molecule has 0 radical (unpaired) electrons. The summed E-state index contributed by atoms with van der Waals surface area (Å²) in [6.07, 6.45) is -3.56. The lowest BCUT2D eigenvalue weighted by molar-refractivity contribution is -0.137. The van der Waals surface area contributed by atoms with Gasteiger partial charge in [-0.25, -0.2) is 4.39 Å². The Hall–Kier alpha value is -1.91. The van der Waals surface area contributed by atoms with Gasteiger partial charge in [-0.3, -0.25) is 4.98 Å². The maximum atomic E-state index is 12.8. The van der Waals surface area contributed by atoms with Crippen molar-refractivity contribution in [1.82, 2.24) is 4.98 Å². The molecule has 1 aromatic carbocycles. The van der Waals surface area contributed by atoms with Crippen LogP contribution in [-0.2, 0) is 6.18 Å². The quantitative estimate of drug-likeness (QED) is 0.695. The lowest BCUT2D eigenvalue weighted by Crippen LogP contribution is -2.07. The molecule has 2 aromatic rings. The molecule has 0 aliphatic carbocycles. The zero-order valence-electron chi connectivity index (χ0n) is 9.42. The fraction of sp³-hybridized carbons (Fsp3) is 0.154. The van der Waals surface area contributed by atoms with E-state index in [1.165, 1.54) is 18.2 Å². The van der Waals surface area contributed by atoms with Crippen molar-refractivity contribution in [1.29, 1.82) is 0 Å². The molecule has 94 valence electrons. The fourth-order valence-corrected chi connectivity index (χ4v) is 1.65. The lowest BCUT2D eigenvalue weighted by Gasteiger charge is -2.13. The molecule has 0 aliphatic rings. The Labute approximate surface area is 101 Å². The molecule has 0 N–H and O–H groups in total. The molecule has 1 heterocycles. The monoisotopic (exact) mass is 255 g/mol. The van der Waals surface area contributed by atoms with Gasteiger partial charge in [-0.1, -0.05) is 11.6 Å². The van der Waals surface area contributed by atoms with E-state index in [-0.39, 0.29) is 11.3 Å². The highest BCUT2D eigenvalue weighted by atomic mass is 19.4. The predicted octanol–water partition coefficient (Wildman–Crippen LogP) is 4.21. The van der Waals surface area contributed by atoms with Crippen molar-refractivity contribution >= 4 is 0 Å². The average molecular weight is 255 g/mol. The van der Waals surface area contributed by atoms with E-state index < -0.39 is 17.6 Å². The highest BCUT2D eigenvalue weighted by Crippen LogP contribution is 2.36. The van der Waals surface area contributed by atoms with Crippen LogP contribution >= 0.6 is 0 Å². The van der Waals surface area contributed by atoms with Crippen molar-refractivity contribution in [3.63, 3.8) is 0 Å². The molecule has 0 spiro atoms. The van der Waals surface area contributed by atoms with Gasteiger partial charge in [0.1, 0.15) is 5.82 Å². The van der Waals surface area contributed by atoms with Gasteiger partial charge in [-0.05, 0) is 31.2 Å². The molecule has 18 heavy (non-hydrogen) atoms. The minimum Gasteiger partial charge on any atom is -0.253 e. The average Bonchev–Trinajstić information content (AvgIpc) is 2.28. The van der Waals surface area contributed by atoms with Gasteiger partial charge >= 0.3 is 6.18 Å². The molecule has 0 saturated heterocycles. The minimum absolute atomic E-state index is 0.0394. The maximum Gasteiger partial charge on any atom is 0.417 e. The number of alkyl halides is 3. The van der Waals surface area contributed by atoms with Crippen molar-refractivity contribution in [2.24, 2.45) is 0 Å². The van der Waals surface area contributed by atoms with E-state index in [9.17, 15) is 17.6 Å². The molecule has 5 heteroatoms. The second kappa shape index (κ2) is 4.40. The predicted molar refractivity (Wildman–Crippen MR) is 59.4 cm³/mol. The van der Waals surface area contributed by atoms with Crippen LogP contribution in [0.5, 0.6) is 0 Å². The first-order valence-electron chi connectivity index (χ1n) is 5.18. The number of aryl methyl sites for hydroxylation is 1. The molecule has 0 aliphatic heterocycles. The van der Waals surface area contributed by atoms with E-state index in [2.05, 4.69) is 4.98 Å². The lowest BCUT2D eigenvalue weighted by atomic mass is 10.0. The maximum absolute atomic E-state index is 12.8. The first-order valence-corrected chi connectivity index (χ1v) is 5.18. The molecular weight excluding hydrogens is 246 g/mol. The topological polar surface area (TPSA) is 12.9 Å². The number of nitrogens with zero attached hydrogens (tertiary/aromatic N) is 1. The number of hydrogen-bond acceptors (Lipinski definition) is 1. The molecule has 1 aromatic heterocycles. The number of benzene rings is 1. The summed E-state index contributed by atoms with van der Waals surface area (Å²) in [5, 5.41) is 0. The van der Waals surface area contributed by atoms with Gasteiger partial charge in [0.25, 0.3) is 0 Å². The van der Waals surface area contributed by atoms with Crippen molar-refractivity contribution in [2.45, 2.75) is 13.1 Å². The molecule has 0 saturated carbocycles. The summed E-state index contributed by atoms with van der Waals surface area (Å²) in [6, 6.07) is 6.11. The summed E-state index contributed by atoms with van der Waals surface area (Å²) in [4.78, 5) is 3.69. The molecule has 0 fully saturated rings. The van der Waals surface area contributed by atoms with E-state index in [0.29, 0.717) is 5.56 Å².